The predicted molar refractivity (Wildman–Crippen MR) is 106 cm³/mol. The minimum Gasteiger partial charge on any atom is -0.497 e. The highest BCUT2D eigenvalue weighted by molar-refractivity contribution is 6.24. The zero-order valence-electron chi connectivity index (χ0n) is 16.0. The van der Waals surface area contributed by atoms with Gasteiger partial charge in [0.25, 0.3) is 0 Å². The quantitative estimate of drug-likeness (QED) is 0.752. The molecule has 3 heterocycles. The molecule has 0 saturated carbocycles. The standard InChI is InChI=1S/C22H19N3O4/c1-12(26)19-17-18(20-16-6-4-3-5-13(16)11-23-25(19)20)22(28)24(21(17)27)14-7-9-15(29-2)10-8-14/h3-11,17-20H,1-2H3/t17-,18-,19-,20+/m0/s1. The maximum atomic E-state index is 13.5. The summed E-state index contributed by atoms with van der Waals surface area (Å²) in [6, 6.07) is 13.3. The molecular weight excluding hydrogens is 370 g/mol. The first kappa shape index (κ1) is 17.6. The maximum absolute atomic E-state index is 13.5. The Morgan fingerprint density at radius 2 is 1.69 bits per heavy atom. The van der Waals surface area contributed by atoms with E-state index >= 15 is 0 Å². The molecule has 5 rings (SSSR count). The molecular formula is C22H19N3O4. The van der Waals surface area contributed by atoms with Gasteiger partial charge >= 0.3 is 0 Å². The van der Waals surface area contributed by atoms with Gasteiger partial charge < -0.3 is 4.74 Å². The molecule has 0 aromatic heterocycles. The lowest BCUT2D eigenvalue weighted by atomic mass is 9.84. The van der Waals surface area contributed by atoms with Gasteiger partial charge in [-0.1, -0.05) is 24.3 Å². The molecule has 0 N–H and O–H groups in total. The monoisotopic (exact) mass is 389 g/mol. The minimum atomic E-state index is -0.755. The summed E-state index contributed by atoms with van der Waals surface area (Å²) in [6.45, 7) is 1.45. The third kappa shape index (κ3) is 2.36. The van der Waals surface area contributed by atoms with Crippen LogP contribution in [0, 0.1) is 11.8 Å². The van der Waals surface area contributed by atoms with Gasteiger partial charge in [-0.25, -0.2) is 4.90 Å². The van der Waals surface area contributed by atoms with Crippen LogP contribution in [0.15, 0.2) is 53.6 Å². The summed E-state index contributed by atoms with van der Waals surface area (Å²) >= 11 is 0. The number of carbonyl (C=O) groups excluding carboxylic acids is 3. The molecule has 7 heteroatoms. The average molecular weight is 389 g/mol. The molecule has 0 unspecified atom stereocenters. The fourth-order valence-corrected chi connectivity index (χ4v) is 4.81. The smallest absolute Gasteiger partial charge is 0.240 e. The zero-order chi connectivity index (χ0) is 20.3. The first-order valence-corrected chi connectivity index (χ1v) is 9.46. The van der Waals surface area contributed by atoms with Crippen LogP contribution in [0.25, 0.3) is 0 Å². The predicted octanol–water partition coefficient (Wildman–Crippen LogP) is 2.16. The van der Waals surface area contributed by atoms with Crippen molar-refractivity contribution in [2.75, 3.05) is 12.0 Å². The first-order valence-electron chi connectivity index (χ1n) is 9.46. The van der Waals surface area contributed by atoms with Crippen LogP contribution in [0.3, 0.4) is 0 Å². The molecule has 146 valence electrons. The van der Waals surface area contributed by atoms with E-state index in [0.29, 0.717) is 11.4 Å². The van der Waals surface area contributed by atoms with Gasteiger partial charge in [-0.2, -0.15) is 5.10 Å². The summed E-state index contributed by atoms with van der Waals surface area (Å²) in [4.78, 5) is 40.6. The van der Waals surface area contributed by atoms with Crippen LogP contribution < -0.4 is 9.64 Å². The third-order valence-electron chi connectivity index (χ3n) is 6.04. The van der Waals surface area contributed by atoms with Crippen LogP contribution in [0.4, 0.5) is 5.69 Å². The van der Waals surface area contributed by atoms with E-state index in [4.69, 9.17) is 4.74 Å². The van der Waals surface area contributed by atoms with Gasteiger partial charge in [0.1, 0.15) is 11.8 Å². The van der Waals surface area contributed by atoms with Crippen molar-refractivity contribution in [3.05, 3.63) is 59.7 Å². The van der Waals surface area contributed by atoms with Crippen LogP contribution in [0.5, 0.6) is 5.75 Å². The van der Waals surface area contributed by atoms with Crippen LogP contribution in [-0.2, 0) is 14.4 Å². The summed E-state index contributed by atoms with van der Waals surface area (Å²) in [5.74, 6) is -1.59. The van der Waals surface area contributed by atoms with Crippen LogP contribution in [0.1, 0.15) is 24.1 Å². The highest BCUT2D eigenvalue weighted by atomic mass is 16.5. The minimum absolute atomic E-state index is 0.170. The largest absolute Gasteiger partial charge is 0.497 e. The van der Waals surface area contributed by atoms with E-state index < -0.39 is 23.9 Å². The van der Waals surface area contributed by atoms with Crippen LogP contribution in [0.2, 0.25) is 0 Å². The fourth-order valence-electron chi connectivity index (χ4n) is 4.81. The van der Waals surface area contributed by atoms with E-state index in [-0.39, 0.29) is 17.6 Å². The highest BCUT2D eigenvalue weighted by Gasteiger charge is 2.64. The van der Waals surface area contributed by atoms with Crippen LogP contribution >= 0.6 is 0 Å². The van der Waals surface area contributed by atoms with Gasteiger partial charge in [-0.3, -0.25) is 19.4 Å². The number of Topliss-reactive ketones (excluding diaryl/α,β-unsaturated/α-hetero) is 1. The van der Waals surface area contributed by atoms with Crippen molar-refractivity contribution in [3.63, 3.8) is 0 Å². The molecule has 0 radical (unpaired) electrons. The number of carbonyl (C=O) groups is 3. The molecule has 0 spiro atoms. The van der Waals surface area contributed by atoms with E-state index in [1.165, 1.54) is 11.8 Å². The van der Waals surface area contributed by atoms with Crippen molar-refractivity contribution in [1.82, 2.24) is 5.01 Å². The number of nitrogens with zero attached hydrogens (tertiary/aromatic N) is 3. The molecule has 2 amide bonds. The second kappa shape index (κ2) is 6.27. The molecule has 3 aliphatic heterocycles. The normalized spacial score (nSPS) is 27.0. The van der Waals surface area contributed by atoms with Crippen molar-refractivity contribution >= 4 is 29.5 Å². The molecule has 2 aromatic rings. The van der Waals surface area contributed by atoms with Gasteiger partial charge in [-0.05, 0) is 42.3 Å². The Labute approximate surface area is 167 Å². The average Bonchev–Trinajstić information content (AvgIpc) is 3.21. The van der Waals surface area contributed by atoms with E-state index in [1.807, 2.05) is 24.3 Å². The number of methoxy groups -OCH3 is 1. The van der Waals surface area contributed by atoms with Gasteiger partial charge in [0.2, 0.25) is 11.8 Å². The van der Waals surface area contributed by atoms with Gasteiger partial charge in [0, 0.05) is 0 Å². The van der Waals surface area contributed by atoms with E-state index in [1.54, 1.807) is 42.6 Å². The summed E-state index contributed by atoms with van der Waals surface area (Å²) < 4.78 is 5.16. The summed E-state index contributed by atoms with van der Waals surface area (Å²) in [6.07, 6.45) is 1.69. The summed E-state index contributed by atoms with van der Waals surface area (Å²) in [5.41, 5.74) is 2.30. The fraction of sp³-hybridized carbons (Fsp3) is 0.273. The second-order valence-corrected chi connectivity index (χ2v) is 7.52. The molecule has 0 bridgehead atoms. The van der Waals surface area contributed by atoms with Crippen molar-refractivity contribution < 1.29 is 19.1 Å². The number of fused-ring (bicyclic) bond motifs is 5. The molecule has 7 nitrogen and oxygen atoms in total. The Balaban J connectivity index is 1.62. The van der Waals surface area contributed by atoms with Gasteiger partial charge in [-0.15, -0.1) is 0 Å². The molecule has 3 aliphatic rings. The Morgan fingerprint density at radius 1 is 1.00 bits per heavy atom. The van der Waals surface area contributed by atoms with Crippen molar-refractivity contribution in [2.45, 2.75) is 19.0 Å². The lowest BCUT2D eigenvalue weighted by Gasteiger charge is -2.33. The molecule has 2 fully saturated rings. The number of amides is 2. The Kier molecular flexibility index (Phi) is 3.81. The number of hydrazone groups is 1. The zero-order valence-corrected chi connectivity index (χ0v) is 16.0. The van der Waals surface area contributed by atoms with Crippen molar-refractivity contribution in [2.24, 2.45) is 16.9 Å². The second-order valence-electron chi connectivity index (χ2n) is 7.52. The van der Waals surface area contributed by atoms with Gasteiger partial charge in [0.05, 0.1) is 36.9 Å². The number of benzene rings is 2. The summed E-state index contributed by atoms with van der Waals surface area (Å²) in [5, 5.41) is 6.11. The number of ketones is 1. The van der Waals surface area contributed by atoms with E-state index in [0.717, 1.165) is 11.1 Å². The van der Waals surface area contributed by atoms with Crippen molar-refractivity contribution in [3.8, 4) is 5.75 Å². The number of imide groups is 1. The summed E-state index contributed by atoms with van der Waals surface area (Å²) in [7, 11) is 1.55. The molecule has 2 aromatic carbocycles. The number of rotatable bonds is 3. The highest BCUT2D eigenvalue weighted by Crippen LogP contribution is 2.52. The molecule has 0 aliphatic carbocycles. The van der Waals surface area contributed by atoms with Gasteiger partial charge in [0.15, 0.2) is 5.78 Å². The van der Waals surface area contributed by atoms with Crippen molar-refractivity contribution in [1.29, 1.82) is 0 Å². The number of hydrogen-bond acceptors (Lipinski definition) is 6. The number of hydrogen-bond donors (Lipinski definition) is 0. The molecule has 29 heavy (non-hydrogen) atoms. The van der Waals surface area contributed by atoms with E-state index in [2.05, 4.69) is 5.10 Å². The van der Waals surface area contributed by atoms with Crippen LogP contribution in [-0.4, -0.2) is 42.0 Å². The molecule has 2 saturated heterocycles. The number of ether oxygens (including phenoxy) is 1. The lowest BCUT2D eigenvalue weighted by Crippen LogP contribution is -2.43. The first-order chi connectivity index (χ1) is 14.0. The third-order valence-corrected chi connectivity index (χ3v) is 6.04. The topological polar surface area (TPSA) is 79.3 Å². The SMILES string of the molecule is COc1ccc(N2C(=O)[C@H]3[C@H](C2=O)[C@H](C(C)=O)N2N=Cc4ccccc4[C@H]32)cc1. The Morgan fingerprint density at radius 3 is 2.38 bits per heavy atom. The number of anilines is 1. The molecule has 4 atom stereocenters. The Hall–Kier alpha value is -3.48. The lowest BCUT2D eigenvalue weighted by molar-refractivity contribution is -0.129. The Bertz CT molecular complexity index is 1060. The van der Waals surface area contributed by atoms with E-state index in [9.17, 15) is 14.4 Å². The maximum Gasteiger partial charge on any atom is 0.240 e.